The zero-order chi connectivity index (χ0) is 20.8. The minimum absolute atomic E-state index is 0.235. The molecule has 3 rings (SSSR count). The van der Waals surface area contributed by atoms with E-state index in [4.69, 9.17) is 0 Å². The van der Waals surface area contributed by atoms with E-state index in [-0.39, 0.29) is 12.3 Å². The van der Waals surface area contributed by atoms with Gasteiger partial charge in [0.15, 0.2) is 17.5 Å². The number of nitrogens with one attached hydrogen (secondary N) is 2. The van der Waals surface area contributed by atoms with Crippen LogP contribution in [-0.4, -0.2) is 11.8 Å². The number of halogens is 3. The van der Waals surface area contributed by atoms with Crippen molar-refractivity contribution in [1.82, 2.24) is 5.32 Å². The zero-order valence-electron chi connectivity index (χ0n) is 15.2. The number of benzene rings is 3. The molecule has 3 aromatic rings. The highest BCUT2D eigenvalue weighted by atomic mass is 19.2. The Hall–Kier alpha value is -3.61. The van der Waals surface area contributed by atoms with Gasteiger partial charge in [0.05, 0.1) is 18.2 Å². The van der Waals surface area contributed by atoms with Gasteiger partial charge in [-0.3, -0.25) is 9.59 Å². The molecule has 0 aliphatic carbocycles. The summed E-state index contributed by atoms with van der Waals surface area (Å²) < 4.78 is 40.2. The van der Waals surface area contributed by atoms with Gasteiger partial charge in [-0.15, -0.1) is 0 Å². The molecule has 2 N–H and O–H groups in total. The first-order valence-corrected chi connectivity index (χ1v) is 8.80. The van der Waals surface area contributed by atoms with Crippen molar-refractivity contribution >= 4 is 17.5 Å². The monoisotopic (exact) mass is 398 g/mol. The summed E-state index contributed by atoms with van der Waals surface area (Å²) in [7, 11) is 0. The van der Waals surface area contributed by atoms with Crippen molar-refractivity contribution < 1.29 is 22.8 Å². The highest BCUT2D eigenvalue weighted by molar-refractivity contribution is 5.95. The van der Waals surface area contributed by atoms with Gasteiger partial charge in [-0.1, -0.05) is 48.5 Å². The molecule has 4 nitrogen and oxygen atoms in total. The highest BCUT2D eigenvalue weighted by Gasteiger charge is 2.21. The second-order valence-electron chi connectivity index (χ2n) is 6.28. The molecule has 0 spiro atoms. The summed E-state index contributed by atoms with van der Waals surface area (Å²) in [5.74, 6) is -5.55. The minimum atomic E-state index is -1.67. The third-order valence-electron chi connectivity index (χ3n) is 4.24. The van der Waals surface area contributed by atoms with Gasteiger partial charge >= 0.3 is 0 Å². The SMILES string of the molecule is O=C(CC(NC(=O)c1ccccc1)c1ccccc1)Nc1ccc(F)c(F)c1F. The van der Waals surface area contributed by atoms with Crippen LogP contribution in [0, 0.1) is 17.5 Å². The van der Waals surface area contributed by atoms with Gasteiger partial charge in [0.2, 0.25) is 5.91 Å². The van der Waals surface area contributed by atoms with Crippen LogP contribution in [0.3, 0.4) is 0 Å². The van der Waals surface area contributed by atoms with Crippen molar-refractivity contribution in [2.24, 2.45) is 0 Å². The van der Waals surface area contributed by atoms with Crippen LogP contribution < -0.4 is 10.6 Å². The fraction of sp³-hybridized carbons (Fsp3) is 0.0909. The van der Waals surface area contributed by atoms with E-state index >= 15 is 0 Å². The summed E-state index contributed by atoms with van der Waals surface area (Å²) in [5, 5.41) is 4.99. The van der Waals surface area contributed by atoms with Gasteiger partial charge in [-0.25, -0.2) is 13.2 Å². The lowest BCUT2D eigenvalue weighted by atomic mass is 10.0. The summed E-state index contributed by atoms with van der Waals surface area (Å²) in [4.78, 5) is 24.9. The number of anilines is 1. The van der Waals surface area contributed by atoms with Gasteiger partial charge in [0, 0.05) is 5.56 Å². The first-order chi connectivity index (χ1) is 14.0. The number of amides is 2. The van der Waals surface area contributed by atoms with Crippen LogP contribution in [0.25, 0.3) is 0 Å². The molecule has 148 valence electrons. The fourth-order valence-corrected chi connectivity index (χ4v) is 2.78. The average molecular weight is 398 g/mol. The largest absolute Gasteiger partial charge is 0.345 e. The van der Waals surface area contributed by atoms with Gasteiger partial charge in [0.25, 0.3) is 5.91 Å². The molecule has 0 aliphatic heterocycles. The van der Waals surface area contributed by atoms with E-state index in [9.17, 15) is 22.8 Å². The maximum atomic E-state index is 13.8. The Balaban J connectivity index is 1.77. The van der Waals surface area contributed by atoms with Crippen LogP contribution in [0.5, 0.6) is 0 Å². The molecule has 3 aromatic carbocycles. The first-order valence-electron chi connectivity index (χ1n) is 8.80. The third kappa shape index (κ3) is 5.01. The quantitative estimate of drug-likeness (QED) is 0.596. The molecule has 1 unspecified atom stereocenters. The molecular formula is C22H17F3N2O2. The molecule has 0 heterocycles. The standard InChI is InChI=1S/C22H17F3N2O2/c23-16-11-12-17(21(25)20(16)24)26-19(28)13-18(14-7-3-1-4-8-14)27-22(29)15-9-5-2-6-10-15/h1-12,18H,13H2,(H,26,28)(H,27,29). The van der Waals surface area contributed by atoms with Crippen molar-refractivity contribution in [2.75, 3.05) is 5.32 Å². The van der Waals surface area contributed by atoms with E-state index < -0.39 is 35.1 Å². The van der Waals surface area contributed by atoms with Gasteiger partial charge in [-0.2, -0.15) is 0 Å². The molecule has 2 amide bonds. The van der Waals surface area contributed by atoms with E-state index in [1.54, 1.807) is 60.7 Å². The van der Waals surface area contributed by atoms with Crippen molar-refractivity contribution in [3.05, 3.63) is 101 Å². The molecular weight excluding hydrogens is 381 g/mol. The summed E-state index contributed by atoms with van der Waals surface area (Å²) in [6.45, 7) is 0. The van der Waals surface area contributed by atoms with Crippen LogP contribution in [0.15, 0.2) is 72.8 Å². The fourth-order valence-electron chi connectivity index (χ4n) is 2.78. The number of carbonyl (C=O) groups is 2. The lowest BCUT2D eigenvalue weighted by Gasteiger charge is -2.19. The molecule has 0 aromatic heterocycles. The summed E-state index contributed by atoms with van der Waals surface area (Å²) in [5.41, 5.74) is 0.605. The van der Waals surface area contributed by atoms with Gasteiger partial charge < -0.3 is 10.6 Å². The third-order valence-corrected chi connectivity index (χ3v) is 4.24. The molecule has 0 aliphatic rings. The molecule has 7 heteroatoms. The Morgan fingerprint density at radius 2 is 1.41 bits per heavy atom. The number of hydrogen-bond donors (Lipinski definition) is 2. The maximum absolute atomic E-state index is 13.8. The predicted octanol–water partition coefficient (Wildman–Crippen LogP) is 4.60. The number of hydrogen-bond acceptors (Lipinski definition) is 2. The average Bonchev–Trinajstić information content (AvgIpc) is 2.75. The Bertz CT molecular complexity index is 1010. The predicted molar refractivity (Wildman–Crippen MR) is 103 cm³/mol. The Morgan fingerprint density at radius 1 is 0.793 bits per heavy atom. The van der Waals surface area contributed by atoms with Gasteiger partial charge in [0.1, 0.15) is 0 Å². The van der Waals surface area contributed by atoms with E-state index in [2.05, 4.69) is 10.6 Å². The second-order valence-corrected chi connectivity index (χ2v) is 6.28. The number of carbonyl (C=O) groups excluding carboxylic acids is 2. The smallest absolute Gasteiger partial charge is 0.251 e. The lowest BCUT2D eigenvalue weighted by Crippen LogP contribution is -2.31. The van der Waals surface area contributed by atoms with Crippen LogP contribution in [-0.2, 0) is 4.79 Å². The second kappa shape index (κ2) is 9.05. The molecule has 0 radical (unpaired) electrons. The van der Waals surface area contributed by atoms with E-state index in [1.165, 1.54) is 0 Å². The molecule has 29 heavy (non-hydrogen) atoms. The normalized spacial score (nSPS) is 11.6. The van der Waals surface area contributed by atoms with E-state index in [1.807, 2.05) is 0 Å². The van der Waals surface area contributed by atoms with Crippen LogP contribution in [0.2, 0.25) is 0 Å². The van der Waals surface area contributed by atoms with Crippen molar-refractivity contribution in [1.29, 1.82) is 0 Å². The molecule has 0 saturated carbocycles. The van der Waals surface area contributed by atoms with E-state index in [0.717, 1.165) is 12.1 Å². The molecule has 0 saturated heterocycles. The summed E-state index contributed by atoms with van der Waals surface area (Å²) >= 11 is 0. The zero-order valence-corrected chi connectivity index (χ0v) is 15.2. The topological polar surface area (TPSA) is 58.2 Å². The van der Waals surface area contributed by atoms with Crippen molar-refractivity contribution in [2.45, 2.75) is 12.5 Å². The Kier molecular flexibility index (Phi) is 6.29. The first kappa shape index (κ1) is 20.1. The minimum Gasteiger partial charge on any atom is -0.345 e. The Morgan fingerprint density at radius 3 is 2.07 bits per heavy atom. The van der Waals surface area contributed by atoms with Crippen LogP contribution >= 0.6 is 0 Å². The Labute approximate surface area is 165 Å². The van der Waals surface area contributed by atoms with Crippen LogP contribution in [0.1, 0.15) is 28.4 Å². The molecule has 0 bridgehead atoms. The van der Waals surface area contributed by atoms with Crippen molar-refractivity contribution in [3.63, 3.8) is 0 Å². The highest BCUT2D eigenvalue weighted by Crippen LogP contribution is 2.22. The van der Waals surface area contributed by atoms with Gasteiger partial charge in [-0.05, 0) is 29.8 Å². The molecule has 1 atom stereocenters. The van der Waals surface area contributed by atoms with Crippen LogP contribution in [0.4, 0.5) is 18.9 Å². The number of rotatable bonds is 6. The maximum Gasteiger partial charge on any atom is 0.251 e. The summed E-state index contributed by atoms with van der Waals surface area (Å²) in [6, 6.07) is 18.2. The summed E-state index contributed by atoms with van der Waals surface area (Å²) in [6.07, 6.45) is -0.235. The van der Waals surface area contributed by atoms with Crippen molar-refractivity contribution in [3.8, 4) is 0 Å². The lowest BCUT2D eigenvalue weighted by molar-refractivity contribution is -0.116. The molecule has 0 fully saturated rings. The van der Waals surface area contributed by atoms with E-state index in [0.29, 0.717) is 11.1 Å².